The fourth-order valence-electron chi connectivity index (χ4n) is 1.13. The Labute approximate surface area is 78.8 Å². The highest BCUT2D eigenvalue weighted by atomic mass is 32.1. The molecule has 0 aliphatic rings. The third kappa shape index (κ3) is 2.88. The fraction of sp³-hybridized carbons (Fsp3) is 0.400. The molecule has 2 atom stereocenters. The van der Waals surface area contributed by atoms with Crippen LogP contribution >= 0.6 is 12.6 Å². The van der Waals surface area contributed by atoms with E-state index in [9.17, 15) is 0 Å². The van der Waals surface area contributed by atoms with E-state index in [1.807, 2.05) is 30.3 Å². The molecule has 12 heavy (non-hydrogen) atoms. The molecule has 0 aromatic heterocycles. The summed E-state index contributed by atoms with van der Waals surface area (Å²) in [6.45, 7) is 1.78. The molecule has 0 heterocycles. The predicted molar refractivity (Wildman–Crippen MR) is 54.5 cm³/mol. The van der Waals surface area contributed by atoms with Crippen LogP contribution < -0.4 is 0 Å². The van der Waals surface area contributed by atoms with Gasteiger partial charge in [-0.1, -0.05) is 30.3 Å². The molecule has 0 bridgehead atoms. The van der Waals surface area contributed by atoms with Gasteiger partial charge in [0.1, 0.15) is 0 Å². The summed E-state index contributed by atoms with van der Waals surface area (Å²) in [5.74, 6) is 0. The molecule has 0 amide bonds. The van der Waals surface area contributed by atoms with E-state index in [0.29, 0.717) is 6.42 Å². The number of aliphatic hydroxyl groups is 1. The second-order valence-corrected chi connectivity index (χ2v) is 3.63. The standard InChI is InChI=1S/C10H14OS/c1-8(11)7-10(12)9-5-3-2-4-6-9/h2-6,8,10-12H,7H2,1H3/t8-,10-/m0/s1. The van der Waals surface area contributed by atoms with Crippen LogP contribution in [0.5, 0.6) is 0 Å². The summed E-state index contributed by atoms with van der Waals surface area (Å²) in [4.78, 5) is 0. The van der Waals surface area contributed by atoms with E-state index in [4.69, 9.17) is 5.11 Å². The number of hydrogen-bond acceptors (Lipinski definition) is 2. The van der Waals surface area contributed by atoms with Crippen molar-refractivity contribution in [2.24, 2.45) is 0 Å². The Morgan fingerprint density at radius 2 is 1.92 bits per heavy atom. The second-order valence-electron chi connectivity index (χ2n) is 3.01. The quantitative estimate of drug-likeness (QED) is 0.688. The Hall–Kier alpha value is -0.470. The minimum Gasteiger partial charge on any atom is -0.393 e. The molecule has 1 N–H and O–H groups in total. The van der Waals surface area contributed by atoms with Crippen molar-refractivity contribution in [1.29, 1.82) is 0 Å². The minimum absolute atomic E-state index is 0.145. The molecule has 0 radical (unpaired) electrons. The van der Waals surface area contributed by atoms with Gasteiger partial charge >= 0.3 is 0 Å². The molecule has 1 rings (SSSR count). The van der Waals surface area contributed by atoms with Crippen LogP contribution in [0.3, 0.4) is 0 Å². The Morgan fingerprint density at radius 3 is 2.42 bits per heavy atom. The number of thiol groups is 1. The van der Waals surface area contributed by atoms with Crippen LogP contribution in [0.15, 0.2) is 30.3 Å². The molecule has 0 saturated heterocycles. The van der Waals surface area contributed by atoms with E-state index in [-0.39, 0.29) is 11.4 Å². The van der Waals surface area contributed by atoms with Crippen molar-refractivity contribution in [3.05, 3.63) is 35.9 Å². The van der Waals surface area contributed by atoms with Gasteiger partial charge in [0.2, 0.25) is 0 Å². The molecule has 0 aliphatic carbocycles. The number of hydrogen-bond donors (Lipinski definition) is 2. The van der Waals surface area contributed by atoms with Gasteiger partial charge < -0.3 is 5.11 Å². The molecule has 0 unspecified atom stereocenters. The van der Waals surface area contributed by atoms with E-state index >= 15 is 0 Å². The SMILES string of the molecule is C[C@H](O)C[C@H](S)c1ccccc1. The van der Waals surface area contributed by atoms with Crippen molar-refractivity contribution in [3.8, 4) is 0 Å². The fourth-order valence-corrected chi connectivity index (χ4v) is 1.61. The van der Waals surface area contributed by atoms with Crippen LogP contribution in [0.25, 0.3) is 0 Å². The lowest BCUT2D eigenvalue weighted by Crippen LogP contribution is -2.03. The van der Waals surface area contributed by atoms with Crippen molar-refractivity contribution in [2.75, 3.05) is 0 Å². The van der Waals surface area contributed by atoms with Crippen molar-refractivity contribution in [3.63, 3.8) is 0 Å². The summed E-state index contributed by atoms with van der Waals surface area (Å²) in [7, 11) is 0. The molecule has 66 valence electrons. The van der Waals surface area contributed by atoms with Crippen LogP contribution in [0.1, 0.15) is 24.2 Å². The van der Waals surface area contributed by atoms with Crippen LogP contribution in [-0.4, -0.2) is 11.2 Å². The van der Waals surface area contributed by atoms with Crippen molar-refractivity contribution in [1.82, 2.24) is 0 Å². The first-order valence-electron chi connectivity index (χ1n) is 4.11. The largest absolute Gasteiger partial charge is 0.393 e. The van der Waals surface area contributed by atoms with E-state index in [1.165, 1.54) is 5.56 Å². The molecule has 0 aliphatic heterocycles. The van der Waals surface area contributed by atoms with Gasteiger partial charge in [-0.2, -0.15) is 12.6 Å². The van der Waals surface area contributed by atoms with Crippen molar-refractivity contribution in [2.45, 2.75) is 24.7 Å². The molecular formula is C10H14OS. The summed E-state index contributed by atoms with van der Waals surface area (Å²) < 4.78 is 0. The van der Waals surface area contributed by atoms with Gasteiger partial charge in [0.15, 0.2) is 0 Å². The van der Waals surface area contributed by atoms with E-state index < -0.39 is 0 Å². The van der Waals surface area contributed by atoms with Gasteiger partial charge in [-0.05, 0) is 18.9 Å². The average Bonchev–Trinajstić information content (AvgIpc) is 2.05. The summed E-state index contributed by atoms with van der Waals surface area (Å²) in [5, 5.41) is 9.28. The maximum absolute atomic E-state index is 9.14. The van der Waals surface area contributed by atoms with Crippen LogP contribution in [-0.2, 0) is 0 Å². The Bertz CT molecular complexity index is 221. The number of aliphatic hydroxyl groups excluding tert-OH is 1. The third-order valence-corrected chi connectivity index (χ3v) is 2.26. The zero-order valence-electron chi connectivity index (χ0n) is 7.14. The maximum Gasteiger partial charge on any atom is 0.0525 e. The molecule has 0 spiro atoms. The van der Waals surface area contributed by atoms with Gasteiger partial charge in [-0.3, -0.25) is 0 Å². The molecule has 2 heteroatoms. The number of benzene rings is 1. The Kier molecular flexibility index (Phi) is 3.63. The highest BCUT2D eigenvalue weighted by molar-refractivity contribution is 7.80. The Morgan fingerprint density at radius 1 is 1.33 bits per heavy atom. The van der Waals surface area contributed by atoms with Crippen LogP contribution in [0.2, 0.25) is 0 Å². The topological polar surface area (TPSA) is 20.2 Å². The van der Waals surface area contributed by atoms with Crippen molar-refractivity contribution >= 4 is 12.6 Å². The summed E-state index contributed by atoms with van der Waals surface area (Å²) in [6.07, 6.45) is 0.417. The van der Waals surface area contributed by atoms with Gasteiger partial charge in [-0.25, -0.2) is 0 Å². The predicted octanol–water partition coefficient (Wildman–Crippen LogP) is 2.43. The van der Waals surface area contributed by atoms with Crippen LogP contribution in [0.4, 0.5) is 0 Å². The minimum atomic E-state index is -0.285. The van der Waals surface area contributed by atoms with E-state index in [0.717, 1.165) is 0 Å². The first-order chi connectivity index (χ1) is 5.70. The molecule has 0 saturated carbocycles. The zero-order chi connectivity index (χ0) is 8.97. The summed E-state index contributed by atoms with van der Waals surface area (Å²) >= 11 is 4.40. The normalized spacial score (nSPS) is 15.6. The molecule has 1 nitrogen and oxygen atoms in total. The molecule has 1 aromatic carbocycles. The van der Waals surface area contributed by atoms with Gasteiger partial charge in [0.05, 0.1) is 6.10 Å². The first kappa shape index (κ1) is 9.62. The zero-order valence-corrected chi connectivity index (χ0v) is 8.04. The highest BCUT2D eigenvalue weighted by Gasteiger charge is 2.08. The summed E-state index contributed by atoms with van der Waals surface area (Å²) in [5.41, 5.74) is 1.17. The van der Waals surface area contributed by atoms with E-state index in [2.05, 4.69) is 12.6 Å². The molecular weight excluding hydrogens is 168 g/mol. The average molecular weight is 182 g/mol. The van der Waals surface area contributed by atoms with Crippen molar-refractivity contribution < 1.29 is 5.11 Å². The van der Waals surface area contributed by atoms with Gasteiger partial charge in [0, 0.05) is 5.25 Å². The van der Waals surface area contributed by atoms with Crippen LogP contribution in [0, 0.1) is 0 Å². The van der Waals surface area contributed by atoms with Gasteiger partial charge in [-0.15, -0.1) is 0 Å². The monoisotopic (exact) mass is 182 g/mol. The molecule has 0 fully saturated rings. The molecule has 1 aromatic rings. The smallest absolute Gasteiger partial charge is 0.0525 e. The Balaban J connectivity index is 2.59. The third-order valence-electron chi connectivity index (χ3n) is 1.75. The lowest BCUT2D eigenvalue weighted by molar-refractivity contribution is 0.184. The highest BCUT2D eigenvalue weighted by Crippen LogP contribution is 2.24. The lowest BCUT2D eigenvalue weighted by Gasteiger charge is -2.12. The van der Waals surface area contributed by atoms with E-state index in [1.54, 1.807) is 6.92 Å². The van der Waals surface area contributed by atoms with Gasteiger partial charge in [0.25, 0.3) is 0 Å². The second kappa shape index (κ2) is 4.53. The lowest BCUT2D eigenvalue weighted by atomic mass is 10.1. The first-order valence-corrected chi connectivity index (χ1v) is 4.63. The maximum atomic E-state index is 9.14. The number of rotatable bonds is 3. The summed E-state index contributed by atoms with van der Waals surface area (Å²) in [6, 6.07) is 10.0.